The third kappa shape index (κ3) is 4.23. The van der Waals surface area contributed by atoms with Crippen LogP contribution in [0.15, 0.2) is 47.4 Å². The molecule has 0 atom stereocenters. The lowest BCUT2D eigenvalue weighted by Crippen LogP contribution is -2.34. The van der Waals surface area contributed by atoms with Gasteiger partial charge in [0.1, 0.15) is 5.60 Å². The van der Waals surface area contributed by atoms with Crippen LogP contribution in [-0.2, 0) is 27.8 Å². The van der Waals surface area contributed by atoms with Gasteiger partial charge in [0.2, 0.25) is 0 Å². The van der Waals surface area contributed by atoms with E-state index in [1.54, 1.807) is 39.0 Å². The van der Waals surface area contributed by atoms with Crippen LogP contribution in [0.25, 0.3) is 0 Å². The number of carbonyl (C=O) groups is 1. The topological polar surface area (TPSA) is 110 Å². The molecule has 1 aliphatic rings. The lowest BCUT2D eigenvalue weighted by Gasteiger charge is -2.26. The maximum atomic E-state index is 13.0. The average molecular weight is 433 g/mol. The number of carbonyl (C=O) groups excluding carboxylic acids is 1. The molecule has 0 aliphatic carbocycles. The zero-order valence-corrected chi connectivity index (χ0v) is 18.0. The number of non-ortho nitro benzene ring substituents is 1. The van der Waals surface area contributed by atoms with Crippen molar-refractivity contribution in [3.8, 4) is 0 Å². The first-order valence-electron chi connectivity index (χ1n) is 9.22. The summed E-state index contributed by atoms with van der Waals surface area (Å²) in [6.07, 6.45) is -0.618. The van der Waals surface area contributed by atoms with Gasteiger partial charge in [0.05, 0.1) is 28.6 Å². The van der Waals surface area contributed by atoms with Crippen LogP contribution in [-0.4, -0.2) is 37.0 Å². The summed E-state index contributed by atoms with van der Waals surface area (Å²) in [7, 11) is -2.32. The summed E-state index contributed by atoms with van der Waals surface area (Å²) in [5.74, 6) is 0. The van der Waals surface area contributed by atoms with Crippen LogP contribution < -0.4 is 4.31 Å². The quantitative estimate of drug-likeness (QED) is 0.537. The van der Waals surface area contributed by atoms with E-state index < -0.39 is 26.6 Å². The fourth-order valence-corrected chi connectivity index (χ4v) is 4.87. The SMILES string of the molecule is CN(Cc1cc([N+](=O)[O-])ccc1N1Cc2ccccc2S1(=O)=O)C(=O)OC(C)(C)C. The van der Waals surface area contributed by atoms with E-state index in [1.807, 2.05) is 0 Å². The summed E-state index contributed by atoms with van der Waals surface area (Å²) >= 11 is 0. The normalized spacial score (nSPS) is 14.9. The molecule has 160 valence electrons. The van der Waals surface area contributed by atoms with Gasteiger partial charge in [0.25, 0.3) is 15.7 Å². The zero-order chi connectivity index (χ0) is 22.3. The van der Waals surface area contributed by atoms with E-state index in [4.69, 9.17) is 4.74 Å². The molecule has 3 rings (SSSR count). The highest BCUT2D eigenvalue weighted by atomic mass is 32.2. The molecule has 0 aromatic heterocycles. The first-order chi connectivity index (χ1) is 13.9. The number of ether oxygens (including phenoxy) is 1. The molecule has 10 heteroatoms. The van der Waals surface area contributed by atoms with Gasteiger partial charge in [-0.1, -0.05) is 18.2 Å². The second kappa shape index (κ2) is 7.60. The molecule has 0 radical (unpaired) electrons. The van der Waals surface area contributed by atoms with Crippen LogP contribution in [0.1, 0.15) is 31.9 Å². The molecule has 1 heterocycles. The fraction of sp³-hybridized carbons (Fsp3) is 0.350. The van der Waals surface area contributed by atoms with Crippen LogP contribution in [0.2, 0.25) is 0 Å². The molecular formula is C20H23N3O6S. The Labute approximate surface area is 175 Å². The van der Waals surface area contributed by atoms with Gasteiger partial charge < -0.3 is 9.64 Å². The van der Waals surface area contributed by atoms with Gasteiger partial charge in [-0.05, 0) is 38.5 Å². The molecule has 0 bridgehead atoms. The van der Waals surface area contributed by atoms with E-state index in [-0.39, 0.29) is 29.4 Å². The van der Waals surface area contributed by atoms with E-state index >= 15 is 0 Å². The van der Waals surface area contributed by atoms with Crippen LogP contribution in [0, 0.1) is 10.1 Å². The van der Waals surface area contributed by atoms with Crippen molar-refractivity contribution in [2.75, 3.05) is 11.4 Å². The highest BCUT2D eigenvalue weighted by Crippen LogP contribution is 2.37. The fourth-order valence-electron chi connectivity index (χ4n) is 3.17. The van der Waals surface area contributed by atoms with E-state index in [9.17, 15) is 23.3 Å². The Kier molecular flexibility index (Phi) is 5.46. The first-order valence-corrected chi connectivity index (χ1v) is 10.7. The van der Waals surface area contributed by atoms with Crippen molar-refractivity contribution in [1.29, 1.82) is 0 Å². The maximum absolute atomic E-state index is 13.0. The van der Waals surface area contributed by atoms with E-state index in [0.29, 0.717) is 11.1 Å². The largest absolute Gasteiger partial charge is 0.444 e. The van der Waals surface area contributed by atoms with Crippen molar-refractivity contribution in [1.82, 2.24) is 4.90 Å². The number of sulfonamides is 1. The number of nitro groups is 1. The number of hydrogen-bond donors (Lipinski definition) is 0. The molecule has 0 N–H and O–H groups in total. The summed E-state index contributed by atoms with van der Waals surface area (Å²) in [5, 5.41) is 11.3. The van der Waals surface area contributed by atoms with E-state index in [1.165, 1.54) is 40.5 Å². The lowest BCUT2D eigenvalue weighted by molar-refractivity contribution is -0.384. The minimum atomic E-state index is -3.81. The molecule has 30 heavy (non-hydrogen) atoms. The monoisotopic (exact) mass is 433 g/mol. The van der Waals surface area contributed by atoms with E-state index in [2.05, 4.69) is 0 Å². The number of hydrogen-bond acceptors (Lipinski definition) is 6. The van der Waals surface area contributed by atoms with Crippen LogP contribution in [0.4, 0.5) is 16.2 Å². The molecule has 1 amide bonds. The molecule has 0 saturated carbocycles. The van der Waals surface area contributed by atoms with Gasteiger partial charge >= 0.3 is 6.09 Å². The lowest BCUT2D eigenvalue weighted by atomic mass is 10.1. The molecular weight excluding hydrogens is 410 g/mol. The van der Waals surface area contributed by atoms with Crippen molar-refractivity contribution in [2.24, 2.45) is 0 Å². The highest BCUT2D eigenvalue weighted by Gasteiger charge is 2.36. The number of amides is 1. The molecule has 0 spiro atoms. The van der Waals surface area contributed by atoms with Crippen LogP contribution >= 0.6 is 0 Å². The van der Waals surface area contributed by atoms with Gasteiger partial charge in [-0.15, -0.1) is 0 Å². The Bertz CT molecular complexity index is 1110. The number of fused-ring (bicyclic) bond motifs is 1. The first kappa shape index (κ1) is 21.6. The number of rotatable bonds is 4. The summed E-state index contributed by atoms with van der Waals surface area (Å²) in [6.45, 7) is 5.23. The molecule has 0 unspecified atom stereocenters. The summed E-state index contributed by atoms with van der Waals surface area (Å²) < 4.78 is 32.6. The maximum Gasteiger partial charge on any atom is 0.410 e. The molecule has 1 aliphatic heterocycles. The summed E-state index contributed by atoms with van der Waals surface area (Å²) in [6, 6.07) is 10.6. The Morgan fingerprint density at radius 1 is 1.23 bits per heavy atom. The summed E-state index contributed by atoms with van der Waals surface area (Å²) in [5.41, 5.74) is 0.348. The third-order valence-corrected chi connectivity index (χ3v) is 6.37. The predicted molar refractivity (Wildman–Crippen MR) is 111 cm³/mol. The number of anilines is 1. The Balaban J connectivity index is 2.00. The minimum absolute atomic E-state index is 0.0612. The molecule has 9 nitrogen and oxygen atoms in total. The summed E-state index contributed by atoms with van der Waals surface area (Å²) in [4.78, 5) is 24.5. The minimum Gasteiger partial charge on any atom is -0.444 e. The molecule has 0 saturated heterocycles. The average Bonchev–Trinajstić information content (AvgIpc) is 2.91. The van der Waals surface area contributed by atoms with E-state index in [0.717, 1.165) is 0 Å². The van der Waals surface area contributed by atoms with Gasteiger partial charge in [-0.3, -0.25) is 14.4 Å². The number of nitrogens with zero attached hydrogens (tertiary/aromatic N) is 3. The highest BCUT2D eigenvalue weighted by molar-refractivity contribution is 7.93. The van der Waals surface area contributed by atoms with Crippen LogP contribution in [0.3, 0.4) is 0 Å². The Hall–Kier alpha value is -3.14. The standard InChI is InChI=1S/C20H23N3O6S/c1-20(2,3)29-19(24)21(4)12-15-11-16(23(25)26)9-10-17(15)22-13-14-7-5-6-8-18(14)30(22,27)28/h5-11H,12-13H2,1-4H3. The van der Waals surface area contributed by atoms with Crippen molar-refractivity contribution >= 4 is 27.5 Å². The Morgan fingerprint density at radius 2 is 1.90 bits per heavy atom. The van der Waals surface area contributed by atoms with Crippen LogP contribution in [0.5, 0.6) is 0 Å². The number of nitro benzene ring substituents is 1. The second-order valence-electron chi connectivity index (χ2n) is 8.03. The smallest absolute Gasteiger partial charge is 0.410 e. The van der Waals surface area contributed by atoms with Crippen molar-refractivity contribution in [2.45, 2.75) is 44.4 Å². The van der Waals surface area contributed by atoms with Gasteiger partial charge in [0.15, 0.2) is 0 Å². The molecule has 0 fully saturated rings. The molecule has 2 aromatic rings. The van der Waals surface area contributed by atoms with Gasteiger partial charge in [-0.2, -0.15) is 0 Å². The van der Waals surface area contributed by atoms with Crippen molar-refractivity contribution < 1.29 is 22.9 Å². The van der Waals surface area contributed by atoms with Crippen molar-refractivity contribution in [3.63, 3.8) is 0 Å². The van der Waals surface area contributed by atoms with Gasteiger partial charge in [0, 0.05) is 24.7 Å². The predicted octanol–water partition coefficient (Wildman–Crippen LogP) is 3.67. The molecule has 2 aromatic carbocycles. The van der Waals surface area contributed by atoms with Gasteiger partial charge in [-0.25, -0.2) is 13.2 Å². The zero-order valence-electron chi connectivity index (χ0n) is 17.2. The second-order valence-corrected chi connectivity index (χ2v) is 9.86. The van der Waals surface area contributed by atoms with Crippen molar-refractivity contribution in [3.05, 3.63) is 63.7 Å². The Morgan fingerprint density at radius 3 is 2.50 bits per heavy atom. The number of benzene rings is 2. The third-order valence-electron chi connectivity index (χ3n) is 4.51.